The fourth-order valence-corrected chi connectivity index (χ4v) is 3.53. The molecule has 2 aromatic carbocycles. The maximum absolute atomic E-state index is 10.8. The highest BCUT2D eigenvalue weighted by Gasteiger charge is 2.40. The van der Waals surface area contributed by atoms with Crippen LogP contribution < -0.4 is 4.74 Å². The fraction of sp³-hybridized carbons (Fsp3) is 0.368. The molecule has 0 amide bonds. The number of aliphatic hydroxyl groups excluding tert-OH is 1. The van der Waals surface area contributed by atoms with Crippen LogP contribution in [-0.4, -0.2) is 31.6 Å². The Kier molecular flexibility index (Phi) is 4.39. The molecule has 134 valence electrons. The van der Waals surface area contributed by atoms with Gasteiger partial charge in [0.15, 0.2) is 17.6 Å². The summed E-state index contributed by atoms with van der Waals surface area (Å²) in [5, 5.41) is 50.5. The molecule has 6 nitrogen and oxygen atoms in total. The highest BCUT2D eigenvalue weighted by atomic mass is 16.5. The predicted octanol–water partition coefficient (Wildman–Crippen LogP) is 3.06. The summed E-state index contributed by atoms with van der Waals surface area (Å²) in [7, 11) is 0. The normalized spacial score (nSPS) is 22.3. The number of phenolic OH excluding ortho intramolecular Hbond substituents is 4. The molecule has 1 heterocycles. The Bertz CT molecular complexity index is 801. The molecular formula is C19H22O6. The third-order valence-corrected chi connectivity index (χ3v) is 4.84. The van der Waals surface area contributed by atoms with Crippen molar-refractivity contribution in [2.45, 2.75) is 44.8 Å². The molecule has 2 aromatic rings. The zero-order valence-corrected chi connectivity index (χ0v) is 14.1. The van der Waals surface area contributed by atoms with Gasteiger partial charge in [0.05, 0.1) is 0 Å². The average molecular weight is 346 g/mol. The molecule has 5 N–H and O–H groups in total. The second-order valence-electron chi connectivity index (χ2n) is 6.28. The van der Waals surface area contributed by atoms with Crippen molar-refractivity contribution in [1.82, 2.24) is 0 Å². The monoisotopic (exact) mass is 346 g/mol. The van der Waals surface area contributed by atoms with E-state index < -0.39 is 18.1 Å². The summed E-state index contributed by atoms with van der Waals surface area (Å²) < 4.78 is 5.98. The molecule has 0 bridgehead atoms. The van der Waals surface area contributed by atoms with Crippen molar-refractivity contribution in [2.24, 2.45) is 0 Å². The van der Waals surface area contributed by atoms with Gasteiger partial charge in [0.1, 0.15) is 23.4 Å². The van der Waals surface area contributed by atoms with Crippen molar-refractivity contribution in [3.63, 3.8) is 0 Å². The van der Waals surface area contributed by atoms with E-state index in [0.29, 0.717) is 35.3 Å². The van der Waals surface area contributed by atoms with Gasteiger partial charge in [-0.15, -0.1) is 0 Å². The van der Waals surface area contributed by atoms with Crippen LogP contribution in [0.2, 0.25) is 0 Å². The number of phenols is 4. The van der Waals surface area contributed by atoms with Gasteiger partial charge in [0.2, 0.25) is 0 Å². The van der Waals surface area contributed by atoms with Crippen molar-refractivity contribution >= 4 is 0 Å². The first-order valence-corrected chi connectivity index (χ1v) is 8.33. The maximum Gasteiger partial charge on any atom is 0.157 e. The summed E-state index contributed by atoms with van der Waals surface area (Å²) in [6.07, 6.45) is -0.703. The summed E-state index contributed by atoms with van der Waals surface area (Å²) in [6.45, 7) is 3.76. The molecule has 2 unspecified atom stereocenters. The predicted molar refractivity (Wildman–Crippen MR) is 91.3 cm³/mol. The minimum atomic E-state index is -0.957. The molecule has 0 saturated carbocycles. The number of benzene rings is 2. The van der Waals surface area contributed by atoms with Crippen molar-refractivity contribution in [3.05, 3.63) is 41.0 Å². The van der Waals surface area contributed by atoms with E-state index in [2.05, 4.69) is 0 Å². The molecule has 25 heavy (non-hydrogen) atoms. The van der Waals surface area contributed by atoms with Crippen LogP contribution >= 0.6 is 0 Å². The van der Waals surface area contributed by atoms with Crippen LogP contribution in [0.1, 0.15) is 49.0 Å². The van der Waals surface area contributed by atoms with Crippen molar-refractivity contribution in [1.29, 1.82) is 0 Å². The molecule has 0 aromatic heterocycles. The Morgan fingerprint density at radius 3 is 2.24 bits per heavy atom. The van der Waals surface area contributed by atoms with Gasteiger partial charge in [-0.3, -0.25) is 0 Å². The van der Waals surface area contributed by atoms with Gasteiger partial charge in [-0.25, -0.2) is 0 Å². The highest BCUT2D eigenvalue weighted by Crippen LogP contribution is 2.51. The second-order valence-corrected chi connectivity index (χ2v) is 6.28. The number of hydrogen-bond donors (Lipinski definition) is 5. The number of rotatable bonds is 3. The van der Waals surface area contributed by atoms with Crippen LogP contribution in [0, 0.1) is 0 Å². The number of hydrogen-bond acceptors (Lipinski definition) is 6. The maximum atomic E-state index is 10.8. The standard InChI is InChI=1S/C19H22O6/c1-3-10-13(21)8-15(23)16-11(4-2)17(24)18(25-19(10)16)9-5-6-12(20)14(22)7-9/h5-8,11,17-18,20-24H,3-4H2,1-2H3/t11?,17?,18-/m1/s1. The largest absolute Gasteiger partial charge is 0.507 e. The Morgan fingerprint density at radius 1 is 0.920 bits per heavy atom. The molecule has 0 spiro atoms. The van der Waals surface area contributed by atoms with E-state index in [4.69, 9.17) is 4.74 Å². The minimum Gasteiger partial charge on any atom is -0.507 e. The van der Waals surface area contributed by atoms with Gasteiger partial charge < -0.3 is 30.3 Å². The molecular weight excluding hydrogens is 324 g/mol. The summed E-state index contributed by atoms with van der Waals surface area (Å²) in [6, 6.07) is 5.52. The van der Waals surface area contributed by atoms with Gasteiger partial charge in [-0.1, -0.05) is 19.9 Å². The molecule has 3 atom stereocenters. The smallest absolute Gasteiger partial charge is 0.157 e. The van der Waals surface area contributed by atoms with Crippen LogP contribution in [0.3, 0.4) is 0 Å². The van der Waals surface area contributed by atoms with Crippen LogP contribution in [0.4, 0.5) is 0 Å². The molecule has 0 aliphatic carbocycles. The Labute approximate surface area is 145 Å². The van der Waals surface area contributed by atoms with E-state index in [1.165, 1.54) is 18.2 Å². The lowest BCUT2D eigenvalue weighted by molar-refractivity contribution is -0.00305. The molecule has 0 saturated heterocycles. The van der Waals surface area contributed by atoms with Gasteiger partial charge in [0, 0.05) is 23.1 Å². The number of aromatic hydroxyl groups is 4. The SMILES string of the molecule is CCc1c(O)cc(O)c2c1O[C@H](c1ccc(O)c(O)c1)C(O)C2CC. The highest BCUT2D eigenvalue weighted by molar-refractivity contribution is 5.59. The third-order valence-electron chi connectivity index (χ3n) is 4.84. The molecule has 1 aliphatic rings. The first kappa shape index (κ1) is 17.2. The van der Waals surface area contributed by atoms with E-state index in [-0.39, 0.29) is 23.0 Å². The topological polar surface area (TPSA) is 110 Å². The van der Waals surface area contributed by atoms with E-state index in [1.807, 2.05) is 13.8 Å². The molecule has 1 aliphatic heterocycles. The summed E-state index contributed by atoms with van der Waals surface area (Å²) >= 11 is 0. The Balaban J connectivity index is 2.16. The van der Waals surface area contributed by atoms with E-state index in [0.717, 1.165) is 0 Å². The summed E-state index contributed by atoms with van der Waals surface area (Å²) in [5.74, 6) is -0.752. The molecule has 3 rings (SSSR count). The average Bonchev–Trinajstić information content (AvgIpc) is 2.57. The number of aliphatic hydroxyl groups is 1. The van der Waals surface area contributed by atoms with Crippen LogP contribution in [0.25, 0.3) is 0 Å². The Hall–Kier alpha value is -2.60. The van der Waals surface area contributed by atoms with Gasteiger partial charge in [-0.05, 0) is 30.5 Å². The fourth-order valence-electron chi connectivity index (χ4n) is 3.53. The zero-order valence-electron chi connectivity index (χ0n) is 14.1. The molecule has 0 fully saturated rings. The van der Waals surface area contributed by atoms with E-state index in [1.54, 1.807) is 6.07 Å². The lowest BCUT2D eigenvalue weighted by Crippen LogP contribution is -2.34. The lowest BCUT2D eigenvalue weighted by atomic mass is 9.81. The molecule has 0 radical (unpaired) electrons. The van der Waals surface area contributed by atoms with Crippen molar-refractivity contribution < 1.29 is 30.3 Å². The van der Waals surface area contributed by atoms with Gasteiger partial charge >= 0.3 is 0 Å². The van der Waals surface area contributed by atoms with Crippen molar-refractivity contribution in [2.75, 3.05) is 0 Å². The van der Waals surface area contributed by atoms with Crippen LogP contribution in [-0.2, 0) is 6.42 Å². The van der Waals surface area contributed by atoms with Gasteiger partial charge in [-0.2, -0.15) is 0 Å². The second kappa shape index (κ2) is 6.37. The zero-order chi connectivity index (χ0) is 18.3. The minimum absolute atomic E-state index is 0.0581. The third kappa shape index (κ3) is 2.72. The Morgan fingerprint density at radius 2 is 1.64 bits per heavy atom. The van der Waals surface area contributed by atoms with Crippen LogP contribution in [0.15, 0.2) is 24.3 Å². The number of fused-ring (bicyclic) bond motifs is 1. The number of ether oxygens (including phenoxy) is 1. The van der Waals surface area contributed by atoms with E-state index in [9.17, 15) is 25.5 Å². The molecule has 6 heteroatoms. The first-order valence-electron chi connectivity index (χ1n) is 8.33. The summed E-state index contributed by atoms with van der Waals surface area (Å²) in [5.41, 5.74) is 1.55. The lowest BCUT2D eigenvalue weighted by Gasteiger charge is -2.38. The van der Waals surface area contributed by atoms with Crippen LogP contribution in [0.5, 0.6) is 28.7 Å². The van der Waals surface area contributed by atoms with Crippen molar-refractivity contribution in [3.8, 4) is 28.7 Å². The quantitative estimate of drug-likeness (QED) is 0.546. The summed E-state index contributed by atoms with van der Waals surface area (Å²) in [4.78, 5) is 0. The first-order chi connectivity index (χ1) is 11.9. The van der Waals surface area contributed by atoms with Gasteiger partial charge in [0.25, 0.3) is 0 Å². The van der Waals surface area contributed by atoms with E-state index >= 15 is 0 Å².